The van der Waals surface area contributed by atoms with E-state index in [0.29, 0.717) is 10.6 Å². The zero-order valence-corrected chi connectivity index (χ0v) is 12.2. The highest BCUT2D eigenvalue weighted by Gasteiger charge is 2.48. The molecule has 1 aromatic rings. The zero-order valence-electron chi connectivity index (χ0n) is 11.5. The molecule has 0 fully saturated rings. The van der Waals surface area contributed by atoms with Gasteiger partial charge in [-0.1, -0.05) is 23.7 Å². The number of nitrogens with one attached hydrogen (secondary N) is 1. The van der Waals surface area contributed by atoms with Gasteiger partial charge < -0.3 is 14.6 Å². The predicted octanol–water partition coefficient (Wildman–Crippen LogP) is 2.63. The molecular formula is C14H14ClNO5. The van der Waals surface area contributed by atoms with Crippen molar-refractivity contribution in [3.8, 4) is 0 Å². The molecule has 1 heterocycles. The number of alkyl carbamates (subject to hydrolysis) is 1. The minimum Gasteiger partial charge on any atom is -0.501 e. The molecule has 0 spiro atoms. The SMILES string of the molecule is CCOC(=O)NC1=C(O)C(=O)C(C)(c2cccc(Cl)c2)O1. The number of hydrogen-bond acceptors (Lipinski definition) is 5. The second-order valence-electron chi connectivity index (χ2n) is 4.50. The number of aliphatic hydroxyl groups excluding tert-OH is 1. The molecule has 112 valence electrons. The summed E-state index contributed by atoms with van der Waals surface area (Å²) in [6.45, 7) is 3.26. The van der Waals surface area contributed by atoms with E-state index < -0.39 is 23.2 Å². The van der Waals surface area contributed by atoms with Crippen LogP contribution in [0.3, 0.4) is 0 Å². The van der Waals surface area contributed by atoms with Crippen LogP contribution < -0.4 is 5.32 Å². The minimum atomic E-state index is -1.45. The van der Waals surface area contributed by atoms with Crippen LogP contribution in [0.4, 0.5) is 4.79 Å². The lowest BCUT2D eigenvalue weighted by molar-refractivity contribution is -0.131. The van der Waals surface area contributed by atoms with Crippen molar-refractivity contribution < 1.29 is 24.2 Å². The number of amides is 1. The van der Waals surface area contributed by atoms with Crippen LogP contribution in [0.25, 0.3) is 0 Å². The number of carbonyl (C=O) groups is 2. The first-order chi connectivity index (χ1) is 9.88. The molecule has 1 amide bonds. The van der Waals surface area contributed by atoms with Gasteiger partial charge in [0, 0.05) is 10.6 Å². The van der Waals surface area contributed by atoms with Crippen molar-refractivity contribution in [2.45, 2.75) is 19.4 Å². The highest BCUT2D eigenvalue weighted by atomic mass is 35.5. The molecule has 1 atom stereocenters. The summed E-state index contributed by atoms with van der Waals surface area (Å²) < 4.78 is 10.1. The Morgan fingerprint density at radius 1 is 1.52 bits per heavy atom. The Hall–Kier alpha value is -2.21. The summed E-state index contributed by atoms with van der Waals surface area (Å²) >= 11 is 5.90. The van der Waals surface area contributed by atoms with Crippen molar-refractivity contribution in [2.24, 2.45) is 0 Å². The van der Waals surface area contributed by atoms with Crippen LogP contribution in [-0.4, -0.2) is 23.6 Å². The highest BCUT2D eigenvalue weighted by Crippen LogP contribution is 2.37. The van der Waals surface area contributed by atoms with Gasteiger partial charge in [-0.3, -0.25) is 10.1 Å². The summed E-state index contributed by atoms with van der Waals surface area (Å²) in [5, 5.41) is 12.5. The lowest BCUT2D eigenvalue weighted by Crippen LogP contribution is -2.32. The Bertz CT molecular complexity index is 628. The van der Waals surface area contributed by atoms with Crippen molar-refractivity contribution in [2.75, 3.05) is 6.61 Å². The first-order valence-corrected chi connectivity index (χ1v) is 6.63. The third-order valence-electron chi connectivity index (χ3n) is 3.04. The molecule has 0 radical (unpaired) electrons. The van der Waals surface area contributed by atoms with E-state index in [1.807, 2.05) is 0 Å². The number of Topliss-reactive ketones (excluding diaryl/α,β-unsaturated/α-hetero) is 1. The second kappa shape index (κ2) is 5.65. The van der Waals surface area contributed by atoms with E-state index in [1.165, 1.54) is 6.92 Å². The van der Waals surface area contributed by atoms with Crippen LogP contribution in [0.5, 0.6) is 0 Å². The average Bonchev–Trinajstić information content (AvgIpc) is 2.65. The van der Waals surface area contributed by atoms with Crippen LogP contribution in [0, 0.1) is 0 Å². The molecule has 6 nitrogen and oxygen atoms in total. The topological polar surface area (TPSA) is 84.9 Å². The van der Waals surface area contributed by atoms with E-state index in [9.17, 15) is 14.7 Å². The maximum Gasteiger partial charge on any atom is 0.414 e. The number of ketones is 1. The summed E-state index contributed by atoms with van der Waals surface area (Å²) in [6, 6.07) is 6.51. The normalized spacial score (nSPS) is 21.2. The second-order valence-corrected chi connectivity index (χ2v) is 4.93. The largest absolute Gasteiger partial charge is 0.501 e. The van der Waals surface area contributed by atoms with Gasteiger partial charge in [-0.25, -0.2) is 4.79 Å². The van der Waals surface area contributed by atoms with E-state index in [-0.39, 0.29) is 12.5 Å². The molecule has 21 heavy (non-hydrogen) atoms. The van der Waals surface area contributed by atoms with Crippen molar-refractivity contribution in [1.29, 1.82) is 0 Å². The Morgan fingerprint density at radius 3 is 2.86 bits per heavy atom. The van der Waals surface area contributed by atoms with Crippen LogP contribution >= 0.6 is 11.6 Å². The number of rotatable bonds is 3. The summed E-state index contributed by atoms with van der Waals surface area (Å²) in [7, 11) is 0. The van der Waals surface area contributed by atoms with Gasteiger partial charge in [0.1, 0.15) is 0 Å². The number of hydrogen-bond donors (Lipinski definition) is 2. The van der Waals surface area contributed by atoms with Gasteiger partial charge in [-0.2, -0.15) is 0 Å². The number of benzene rings is 1. The quantitative estimate of drug-likeness (QED) is 0.896. The smallest absolute Gasteiger partial charge is 0.414 e. The molecular weight excluding hydrogens is 298 g/mol. The Morgan fingerprint density at radius 2 is 2.24 bits per heavy atom. The van der Waals surface area contributed by atoms with Crippen LogP contribution in [-0.2, 0) is 19.9 Å². The summed E-state index contributed by atoms with van der Waals surface area (Å²) in [4.78, 5) is 23.6. The molecule has 0 saturated carbocycles. The summed E-state index contributed by atoms with van der Waals surface area (Å²) in [5.41, 5.74) is -0.990. The number of carbonyl (C=O) groups excluding carboxylic acids is 2. The Kier molecular flexibility index (Phi) is 4.09. The molecule has 1 unspecified atom stereocenters. The monoisotopic (exact) mass is 311 g/mol. The first kappa shape index (κ1) is 15.2. The molecule has 1 aliphatic heterocycles. The van der Waals surface area contributed by atoms with Crippen molar-refractivity contribution in [3.05, 3.63) is 46.5 Å². The fraction of sp³-hybridized carbons (Fsp3) is 0.286. The van der Waals surface area contributed by atoms with Gasteiger partial charge in [-0.05, 0) is 26.0 Å². The van der Waals surface area contributed by atoms with E-state index in [4.69, 9.17) is 16.3 Å². The van der Waals surface area contributed by atoms with Crippen molar-refractivity contribution in [1.82, 2.24) is 5.32 Å². The van der Waals surface area contributed by atoms with Crippen LogP contribution in [0.15, 0.2) is 35.9 Å². The lowest BCUT2D eigenvalue weighted by atomic mass is 9.92. The average molecular weight is 312 g/mol. The van der Waals surface area contributed by atoms with Crippen molar-refractivity contribution in [3.63, 3.8) is 0 Å². The third kappa shape index (κ3) is 2.80. The van der Waals surface area contributed by atoms with Gasteiger partial charge in [-0.15, -0.1) is 0 Å². The molecule has 1 aliphatic rings. The molecule has 7 heteroatoms. The van der Waals surface area contributed by atoms with Gasteiger partial charge in [0.15, 0.2) is 5.60 Å². The maximum atomic E-state index is 12.2. The Labute approximate surface area is 126 Å². The van der Waals surface area contributed by atoms with Gasteiger partial charge >= 0.3 is 6.09 Å². The fourth-order valence-corrected chi connectivity index (χ4v) is 2.14. The van der Waals surface area contributed by atoms with Crippen molar-refractivity contribution >= 4 is 23.5 Å². The molecule has 2 N–H and O–H groups in total. The van der Waals surface area contributed by atoms with E-state index in [1.54, 1.807) is 31.2 Å². The fourth-order valence-electron chi connectivity index (χ4n) is 1.95. The van der Waals surface area contributed by atoms with Crippen LogP contribution in [0.1, 0.15) is 19.4 Å². The molecule has 0 aliphatic carbocycles. The van der Waals surface area contributed by atoms with Gasteiger partial charge in [0.05, 0.1) is 6.61 Å². The van der Waals surface area contributed by atoms with Gasteiger partial charge in [0.2, 0.25) is 11.6 Å². The summed E-state index contributed by atoms with van der Waals surface area (Å²) in [5.74, 6) is -1.66. The Balaban J connectivity index is 2.27. The molecule has 1 aromatic carbocycles. The summed E-state index contributed by atoms with van der Waals surface area (Å²) in [6.07, 6.45) is -0.817. The minimum absolute atomic E-state index is 0.152. The van der Waals surface area contributed by atoms with Gasteiger partial charge in [0.25, 0.3) is 5.78 Å². The number of ether oxygens (including phenoxy) is 2. The maximum absolute atomic E-state index is 12.2. The van der Waals surface area contributed by atoms with Crippen LogP contribution in [0.2, 0.25) is 5.02 Å². The number of halogens is 1. The van der Waals surface area contributed by atoms with E-state index in [2.05, 4.69) is 10.1 Å². The molecule has 0 aromatic heterocycles. The number of aliphatic hydroxyl groups is 1. The zero-order chi connectivity index (χ0) is 15.6. The predicted molar refractivity (Wildman–Crippen MR) is 74.7 cm³/mol. The molecule has 0 saturated heterocycles. The van der Waals surface area contributed by atoms with E-state index >= 15 is 0 Å². The lowest BCUT2D eigenvalue weighted by Gasteiger charge is -2.23. The first-order valence-electron chi connectivity index (χ1n) is 6.25. The standard InChI is InChI=1S/C14H14ClNO5/c1-3-20-13(19)16-12-10(17)11(18)14(2,21-12)8-5-4-6-9(15)7-8/h4-7,17H,3H2,1-2H3,(H,16,19). The third-order valence-corrected chi connectivity index (χ3v) is 3.27. The van der Waals surface area contributed by atoms with E-state index in [0.717, 1.165) is 0 Å². The highest BCUT2D eigenvalue weighted by molar-refractivity contribution is 6.30. The molecule has 2 rings (SSSR count). The molecule has 0 bridgehead atoms.